The number of benzene rings is 1. The van der Waals surface area contributed by atoms with E-state index in [4.69, 9.17) is 4.74 Å². The third-order valence-electron chi connectivity index (χ3n) is 5.72. The lowest BCUT2D eigenvalue weighted by molar-refractivity contribution is 0.0716. The highest BCUT2D eigenvalue weighted by molar-refractivity contribution is 7.89. The Bertz CT molecular complexity index is 764. The van der Waals surface area contributed by atoms with Crippen LogP contribution in [0.3, 0.4) is 0 Å². The summed E-state index contributed by atoms with van der Waals surface area (Å²) in [4.78, 5) is 15.1. The minimum absolute atomic E-state index is 0.0969. The van der Waals surface area contributed by atoms with E-state index in [2.05, 4.69) is 0 Å². The highest BCUT2D eigenvalue weighted by Gasteiger charge is 2.29. The molecule has 0 atom stereocenters. The SMILES string of the molecule is Cc1ccc(C(=O)N(C)C2CCCCCC2)cc1S(=O)(=O)N1CCOCC1. The average molecular weight is 395 g/mol. The van der Waals surface area contributed by atoms with E-state index in [1.165, 1.54) is 17.1 Å². The molecule has 6 nitrogen and oxygen atoms in total. The van der Waals surface area contributed by atoms with Crippen LogP contribution in [-0.2, 0) is 14.8 Å². The normalized spacial score (nSPS) is 20.2. The third-order valence-corrected chi connectivity index (χ3v) is 7.76. The van der Waals surface area contributed by atoms with E-state index in [0.717, 1.165) is 25.7 Å². The van der Waals surface area contributed by atoms with Crippen molar-refractivity contribution in [3.05, 3.63) is 29.3 Å². The summed E-state index contributed by atoms with van der Waals surface area (Å²) in [6.45, 7) is 3.28. The Hall–Kier alpha value is -1.44. The van der Waals surface area contributed by atoms with Gasteiger partial charge in [0.2, 0.25) is 10.0 Å². The smallest absolute Gasteiger partial charge is 0.253 e. The van der Waals surface area contributed by atoms with E-state index >= 15 is 0 Å². The van der Waals surface area contributed by atoms with Crippen LogP contribution in [0, 0.1) is 6.92 Å². The van der Waals surface area contributed by atoms with E-state index in [0.29, 0.717) is 37.4 Å². The molecule has 27 heavy (non-hydrogen) atoms. The Morgan fingerprint density at radius 2 is 1.74 bits per heavy atom. The summed E-state index contributed by atoms with van der Waals surface area (Å²) in [7, 11) is -1.78. The van der Waals surface area contributed by atoms with Crippen molar-refractivity contribution in [2.24, 2.45) is 0 Å². The molecule has 3 rings (SSSR count). The molecule has 0 bridgehead atoms. The summed E-state index contributed by atoms with van der Waals surface area (Å²) in [5.74, 6) is -0.0969. The van der Waals surface area contributed by atoms with Crippen molar-refractivity contribution in [1.82, 2.24) is 9.21 Å². The van der Waals surface area contributed by atoms with E-state index in [9.17, 15) is 13.2 Å². The van der Waals surface area contributed by atoms with E-state index in [-0.39, 0.29) is 16.8 Å². The van der Waals surface area contributed by atoms with Gasteiger partial charge in [0.25, 0.3) is 5.91 Å². The number of carbonyl (C=O) groups excluding carboxylic acids is 1. The number of nitrogens with zero attached hydrogens (tertiary/aromatic N) is 2. The van der Waals surface area contributed by atoms with Crippen LogP contribution < -0.4 is 0 Å². The molecule has 0 radical (unpaired) electrons. The summed E-state index contributed by atoms with van der Waals surface area (Å²) >= 11 is 0. The fraction of sp³-hybridized carbons (Fsp3) is 0.650. The van der Waals surface area contributed by atoms with E-state index in [1.807, 2.05) is 7.05 Å². The lowest BCUT2D eigenvalue weighted by Gasteiger charge is -2.28. The number of ether oxygens (including phenoxy) is 1. The monoisotopic (exact) mass is 394 g/mol. The molecule has 1 heterocycles. The summed E-state index contributed by atoms with van der Waals surface area (Å²) < 4.78 is 32.8. The molecular weight excluding hydrogens is 364 g/mol. The van der Waals surface area contributed by atoms with Gasteiger partial charge in [0.15, 0.2) is 0 Å². The number of sulfonamides is 1. The molecule has 150 valence electrons. The number of hydrogen-bond acceptors (Lipinski definition) is 4. The van der Waals surface area contributed by atoms with Crippen molar-refractivity contribution in [1.29, 1.82) is 0 Å². The first kappa shape index (κ1) is 20.3. The molecule has 0 spiro atoms. The van der Waals surface area contributed by atoms with Crippen LogP contribution in [-0.4, -0.2) is 62.9 Å². The molecule has 1 saturated carbocycles. The van der Waals surface area contributed by atoms with Crippen LogP contribution in [0.15, 0.2) is 23.1 Å². The maximum absolute atomic E-state index is 13.0. The standard InChI is InChI=1S/C20H30N2O4S/c1-16-9-10-17(20(23)21(2)18-7-5-3-4-6-8-18)15-19(16)27(24,25)22-11-13-26-14-12-22/h9-10,15,18H,3-8,11-14H2,1-2H3. The lowest BCUT2D eigenvalue weighted by Crippen LogP contribution is -2.41. The van der Waals surface area contributed by atoms with Crippen LogP contribution in [0.1, 0.15) is 54.4 Å². The Balaban J connectivity index is 1.84. The minimum atomic E-state index is -3.62. The molecule has 2 fully saturated rings. The van der Waals surface area contributed by atoms with Crippen molar-refractivity contribution >= 4 is 15.9 Å². The molecular formula is C20H30N2O4S. The largest absolute Gasteiger partial charge is 0.379 e. The van der Waals surface area contributed by atoms with E-state index < -0.39 is 10.0 Å². The van der Waals surface area contributed by atoms with Crippen molar-refractivity contribution in [2.45, 2.75) is 56.4 Å². The van der Waals surface area contributed by atoms with E-state index in [1.54, 1.807) is 30.0 Å². The summed E-state index contributed by atoms with van der Waals surface area (Å²) in [5.41, 5.74) is 1.11. The molecule has 1 aromatic rings. The zero-order chi connectivity index (χ0) is 19.4. The van der Waals surface area contributed by atoms with Crippen molar-refractivity contribution in [3.63, 3.8) is 0 Å². The molecule has 1 amide bonds. The van der Waals surface area contributed by atoms with Gasteiger partial charge in [0, 0.05) is 31.7 Å². The van der Waals surface area contributed by atoms with Crippen molar-refractivity contribution < 1.29 is 17.9 Å². The summed E-state index contributed by atoms with van der Waals surface area (Å²) in [6, 6.07) is 5.26. The Morgan fingerprint density at radius 1 is 1.11 bits per heavy atom. The van der Waals surface area contributed by atoms with Gasteiger partial charge in [-0.3, -0.25) is 4.79 Å². The van der Waals surface area contributed by atoms with Gasteiger partial charge in [-0.15, -0.1) is 0 Å². The number of rotatable bonds is 4. The molecule has 0 aromatic heterocycles. The quantitative estimate of drug-likeness (QED) is 0.737. The molecule has 7 heteroatoms. The van der Waals surface area contributed by atoms with Gasteiger partial charge in [-0.25, -0.2) is 8.42 Å². The summed E-state index contributed by atoms with van der Waals surface area (Å²) in [6.07, 6.45) is 6.79. The second kappa shape index (κ2) is 8.71. The lowest BCUT2D eigenvalue weighted by atomic mass is 10.1. The van der Waals surface area contributed by atoms with Gasteiger partial charge < -0.3 is 9.64 Å². The van der Waals surface area contributed by atoms with Crippen molar-refractivity contribution in [3.8, 4) is 0 Å². The first-order valence-corrected chi connectivity index (χ1v) is 11.3. The highest BCUT2D eigenvalue weighted by atomic mass is 32.2. The van der Waals surface area contributed by atoms with Gasteiger partial charge in [0.05, 0.1) is 18.1 Å². The van der Waals surface area contributed by atoms with Gasteiger partial charge in [-0.05, 0) is 37.5 Å². The predicted molar refractivity (Wildman–Crippen MR) is 104 cm³/mol. The molecule has 2 aliphatic rings. The Labute approximate surface area is 162 Å². The molecule has 1 aliphatic heterocycles. The number of hydrogen-bond donors (Lipinski definition) is 0. The topological polar surface area (TPSA) is 66.9 Å². The maximum atomic E-state index is 13.0. The fourth-order valence-electron chi connectivity index (χ4n) is 3.95. The highest BCUT2D eigenvalue weighted by Crippen LogP contribution is 2.25. The molecule has 1 aliphatic carbocycles. The molecule has 0 N–H and O–H groups in total. The van der Waals surface area contributed by atoms with Crippen LogP contribution in [0.5, 0.6) is 0 Å². The zero-order valence-corrected chi connectivity index (χ0v) is 17.1. The minimum Gasteiger partial charge on any atom is -0.379 e. The van der Waals surface area contributed by atoms with Gasteiger partial charge >= 0.3 is 0 Å². The van der Waals surface area contributed by atoms with Gasteiger partial charge in [-0.1, -0.05) is 31.7 Å². The number of amides is 1. The number of carbonyl (C=O) groups is 1. The van der Waals surface area contributed by atoms with Gasteiger partial charge in [-0.2, -0.15) is 4.31 Å². The Morgan fingerprint density at radius 3 is 2.37 bits per heavy atom. The Kier molecular flexibility index (Phi) is 6.55. The molecule has 1 saturated heterocycles. The zero-order valence-electron chi connectivity index (χ0n) is 16.3. The van der Waals surface area contributed by atoms with Gasteiger partial charge in [0.1, 0.15) is 0 Å². The maximum Gasteiger partial charge on any atom is 0.253 e. The van der Waals surface area contributed by atoms with Crippen LogP contribution >= 0.6 is 0 Å². The first-order valence-electron chi connectivity index (χ1n) is 9.87. The number of aryl methyl sites for hydroxylation is 1. The van der Waals surface area contributed by atoms with Crippen LogP contribution in [0.25, 0.3) is 0 Å². The third kappa shape index (κ3) is 4.52. The number of morpholine rings is 1. The molecule has 1 aromatic carbocycles. The second-order valence-corrected chi connectivity index (χ2v) is 9.46. The van der Waals surface area contributed by atoms with Crippen LogP contribution in [0.4, 0.5) is 0 Å². The predicted octanol–water partition coefficient (Wildman–Crippen LogP) is 2.81. The fourth-order valence-corrected chi connectivity index (χ4v) is 5.61. The first-order chi connectivity index (χ1) is 12.9. The second-order valence-electron chi connectivity index (χ2n) is 7.56. The molecule has 0 unspecified atom stereocenters. The van der Waals surface area contributed by atoms with Crippen LogP contribution in [0.2, 0.25) is 0 Å². The summed E-state index contributed by atoms with van der Waals surface area (Å²) in [5, 5.41) is 0. The van der Waals surface area contributed by atoms with Crippen molar-refractivity contribution in [2.75, 3.05) is 33.4 Å². The average Bonchev–Trinajstić information content (AvgIpc) is 2.97.